The SMILES string of the molecule is CNC(c1cncc(C)c1)c1c(F)cccc1F. The van der Waals surface area contributed by atoms with E-state index in [0.717, 1.165) is 11.1 Å². The van der Waals surface area contributed by atoms with Gasteiger partial charge in [0.05, 0.1) is 6.04 Å². The number of nitrogens with one attached hydrogen (secondary N) is 1. The zero-order valence-corrected chi connectivity index (χ0v) is 10.2. The van der Waals surface area contributed by atoms with E-state index in [1.165, 1.54) is 18.2 Å². The second-order valence-corrected chi connectivity index (χ2v) is 4.15. The molecule has 0 saturated heterocycles. The highest BCUT2D eigenvalue weighted by Crippen LogP contribution is 2.26. The molecule has 2 aromatic rings. The first kappa shape index (κ1) is 12.6. The molecule has 4 heteroatoms. The summed E-state index contributed by atoms with van der Waals surface area (Å²) in [5.41, 5.74) is 1.71. The van der Waals surface area contributed by atoms with Crippen LogP contribution in [0.2, 0.25) is 0 Å². The molecular weight excluding hydrogens is 234 g/mol. The van der Waals surface area contributed by atoms with Gasteiger partial charge in [0, 0.05) is 18.0 Å². The van der Waals surface area contributed by atoms with Crippen LogP contribution in [-0.2, 0) is 0 Å². The third-order valence-electron chi connectivity index (χ3n) is 2.81. The van der Waals surface area contributed by atoms with Gasteiger partial charge >= 0.3 is 0 Å². The van der Waals surface area contributed by atoms with Crippen LogP contribution in [-0.4, -0.2) is 12.0 Å². The highest BCUT2D eigenvalue weighted by Gasteiger charge is 2.20. The number of halogens is 2. The summed E-state index contributed by atoms with van der Waals surface area (Å²) in [6, 6.07) is 5.19. The topological polar surface area (TPSA) is 24.9 Å². The van der Waals surface area contributed by atoms with Gasteiger partial charge in [0.1, 0.15) is 11.6 Å². The summed E-state index contributed by atoms with van der Waals surface area (Å²) in [4.78, 5) is 4.05. The van der Waals surface area contributed by atoms with E-state index in [9.17, 15) is 8.78 Å². The van der Waals surface area contributed by atoms with Crippen molar-refractivity contribution in [3.8, 4) is 0 Å². The lowest BCUT2D eigenvalue weighted by Gasteiger charge is -2.18. The number of nitrogens with zero attached hydrogens (tertiary/aromatic N) is 1. The van der Waals surface area contributed by atoms with Gasteiger partial charge in [-0.1, -0.05) is 12.1 Å². The van der Waals surface area contributed by atoms with Crippen LogP contribution >= 0.6 is 0 Å². The van der Waals surface area contributed by atoms with Gasteiger partial charge < -0.3 is 5.32 Å². The minimum atomic E-state index is -0.559. The van der Waals surface area contributed by atoms with Crippen molar-refractivity contribution in [1.82, 2.24) is 10.3 Å². The van der Waals surface area contributed by atoms with Crippen molar-refractivity contribution >= 4 is 0 Å². The lowest BCUT2D eigenvalue weighted by molar-refractivity contribution is 0.521. The number of benzene rings is 1. The highest BCUT2D eigenvalue weighted by atomic mass is 19.1. The molecule has 0 fully saturated rings. The summed E-state index contributed by atoms with van der Waals surface area (Å²) in [6.07, 6.45) is 3.31. The number of rotatable bonds is 3. The Bertz CT molecular complexity index is 535. The second kappa shape index (κ2) is 5.23. The molecular formula is C14H14F2N2. The third kappa shape index (κ3) is 2.38. The fraction of sp³-hybridized carbons (Fsp3) is 0.214. The minimum Gasteiger partial charge on any atom is -0.309 e. The summed E-state index contributed by atoms with van der Waals surface area (Å²) in [6.45, 7) is 1.89. The molecule has 2 nitrogen and oxygen atoms in total. The lowest BCUT2D eigenvalue weighted by Crippen LogP contribution is -2.20. The normalized spacial score (nSPS) is 12.4. The highest BCUT2D eigenvalue weighted by molar-refractivity contribution is 5.33. The Morgan fingerprint density at radius 1 is 1.17 bits per heavy atom. The van der Waals surface area contributed by atoms with E-state index in [-0.39, 0.29) is 5.56 Å². The van der Waals surface area contributed by atoms with Crippen molar-refractivity contribution in [3.63, 3.8) is 0 Å². The van der Waals surface area contributed by atoms with Crippen LogP contribution in [0.5, 0.6) is 0 Å². The molecule has 1 aromatic carbocycles. The largest absolute Gasteiger partial charge is 0.309 e. The van der Waals surface area contributed by atoms with Gasteiger partial charge in [0.2, 0.25) is 0 Å². The number of hydrogen-bond acceptors (Lipinski definition) is 2. The fourth-order valence-electron chi connectivity index (χ4n) is 2.00. The van der Waals surface area contributed by atoms with E-state index in [4.69, 9.17) is 0 Å². The van der Waals surface area contributed by atoms with Crippen molar-refractivity contribution < 1.29 is 8.78 Å². The first-order valence-electron chi connectivity index (χ1n) is 5.66. The molecule has 1 heterocycles. The average Bonchev–Trinajstić information content (AvgIpc) is 2.34. The molecule has 0 saturated carbocycles. The minimum absolute atomic E-state index is 0.0207. The van der Waals surface area contributed by atoms with Crippen molar-refractivity contribution in [2.45, 2.75) is 13.0 Å². The molecule has 1 atom stereocenters. The average molecular weight is 248 g/mol. The van der Waals surface area contributed by atoms with E-state index in [1.807, 2.05) is 13.0 Å². The van der Waals surface area contributed by atoms with Gasteiger partial charge in [0.15, 0.2) is 0 Å². The molecule has 1 aromatic heterocycles. The molecule has 0 aliphatic heterocycles. The van der Waals surface area contributed by atoms with E-state index >= 15 is 0 Å². The zero-order chi connectivity index (χ0) is 13.1. The fourth-order valence-corrected chi connectivity index (χ4v) is 2.00. The predicted molar refractivity (Wildman–Crippen MR) is 66.2 cm³/mol. The molecule has 18 heavy (non-hydrogen) atoms. The molecule has 0 spiro atoms. The summed E-state index contributed by atoms with van der Waals surface area (Å²) in [7, 11) is 1.67. The maximum Gasteiger partial charge on any atom is 0.131 e. The van der Waals surface area contributed by atoms with Crippen LogP contribution < -0.4 is 5.32 Å². The summed E-state index contributed by atoms with van der Waals surface area (Å²) in [5.74, 6) is -1.12. The molecule has 1 N–H and O–H groups in total. The second-order valence-electron chi connectivity index (χ2n) is 4.15. The van der Waals surface area contributed by atoms with Gasteiger partial charge in [-0.25, -0.2) is 8.78 Å². The van der Waals surface area contributed by atoms with Crippen LogP contribution in [0.4, 0.5) is 8.78 Å². The molecule has 0 amide bonds. The Morgan fingerprint density at radius 2 is 1.83 bits per heavy atom. The number of aryl methyl sites for hydroxylation is 1. The van der Waals surface area contributed by atoms with Crippen LogP contribution in [0.25, 0.3) is 0 Å². The molecule has 2 rings (SSSR count). The van der Waals surface area contributed by atoms with E-state index in [1.54, 1.807) is 19.4 Å². The van der Waals surface area contributed by atoms with Gasteiger partial charge in [-0.05, 0) is 37.2 Å². The van der Waals surface area contributed by atoms with Crippen LogP contribution in [0, 0.1) is 18.6 Å². The smallest absolute Gasteiger partial charge is 0.131 e. The molecule has 0 aliphatic carbocycles. The summed E-state index contributed by atoms with van der Waals surface area (Å²) < 4.78 is 27.5. The maximum atomic E-state index is 13.8. The zero-order valence-electron chi connectivity index (χ0n) is 10.2. The first-order valence-corrected chi connectivity index (χ1v) is 5.66. The maximum absolute atomic E-state index is 13.8. The van der Waals surface area contributed by atoms with Gasteiger partial charge in [-0.3, -0.25) is 4.98 Å². The number of hydrogen-bond donors (Lipinski definition) is 1. The first-order chi connectivity index (χ1) is 8.63. The van der Waals surface area contributed by atoms with Gasteiger partial charge in [0.25, 0.3) is 0 Å². The van der Waals surface area contributed by atoms with Crippen molar-refractivity contribution in [2.24, 2.45) is 0 Å². The molecule has 94 valence electrons. The third-order valence-corrected chi connectivity index (χ3v) is 2.81. The lowest BCUT2D eigenvalue weighted by atomic mass is 9.98. The van der Waals surface area contributed by atoms with Gasteiger partial charge in [-0.15, -0.1) is 0 Å². The summed E-state index contributed by atoms with van der Waals surface area (Å²) >= 11 is 0. The Kier molecular flexibility index (Phi) is 3.67. The Hall–Kier alpha value is -1.81. The van der Waals surface area contributed by atoms with Crippen molar-refractivity contribution in [3.05, 3.63) is 65.0 Å². The molecule has 1 unspecified atom stereocenters. The molecule has 0 aliphatic rings. The van der Waals surface area contributed by atoms with Crippen LogP contribution in [0.15, 0.2) is 36.7 Å². The Balaban J connectivity index is 2.52. The summed E-state index contributed by atoms with van der Waals surface area (Å²) in [5, 5.41) is 2.92. The Labute approximate surface area is 105 Å². The van der Waals surface area contributed by atoms with E-state index in [0.29, 0.717) is 0 Å². The van der Waals surface area contributed by atoms with Crippen LogP contribution in [0.3, 0.4) is 0 Å². The van der Waals surface area contributed by atoms with Gasteiger partial charge in [-0.2, -0.15) is 0 Å². The van der Waals surface area contributed by atoms with Crippen molar-refractivity contribution in [1.29, 1.82) is 0 Å². The standard InChI is InChI=1S/C14H14F2N2/c1-9-6-10(8-18-7-9)14(17-2)13-11(15)4-3-5-12(13)16/h3-8,14,17H,1-2H3. The molecule has 0 radical (unpaired) electrons. The molecule has 0 bridgehead atoms. The Morgan fingerprint density at radius 3 is 2.39 bits per heavy atom. The quantitative estimate of drug-likeness (QED) is 0.903. The van der Waals surface area contributed by atoms with Crippen molar-refractivity contribution in [2.75, 3.05) is 7.05 Å². The monoisotopic (exact) mass is 248 g/mol. The number of aromatic nitrogens is 1. The van der Waals surface area contributed by atoms with E-state index in [2.05, 4.69) is 10.3 Å². The van der Waals surface area contributed by atoms with E-state index < -0.39 is 17.7 Å². The predicted octanol–water partition coefficient (Wildman–Crippen LogP) is 2.98. The number of pyridine rings is 1. The van der Waals surface area contributed by atoms with Crippen LogP contribution in [0.1, 0.15) is 22.7 Å².